The standard InChI is InChI=1S/C24H22ClNO3/c1-28-21-14-17-11-12-26(24(27)18-9-6-10-19(25)13-18)23(16-7-4-3-5-8-16)20(17)15-22(21)29-2/h3-10,13-15,23H,11-12H2,1-2H3. The fourth-order valence-corrected chi connectivity index (χ4v) is 4.14. The highest BCUT2D eigenvalue weighted by Gasteiger charge is 2.33. The second-order valence-electron chi connectivity index (χ2n) is 6.98. The van der Waals surface area contributed by atoms with Crippen LogP contribution in [0.15, 0.2) is 66.7 Å². The van der Waals surface area contributed by atoms with Crippen LogP contribution in [0.5, 0.6) is 11.5 Å². The number of benzene rings is 3. The predicted octanol–water partition coefficient (Wildman–Crippen LogP) is 5.15. The molecule has 1 heterocycles. The number of hydrogen-bond acceptors (Lipinski definition) is 3. The summed E-state index contributed by atoms with van der Waals surface area (Å²) in [4.78, 5) is 15.3. The third-order valence-electron chi connectivity index (χ3n) is 5.32. The highest BCUT2D eigenvalue weighted by molar-refractivity contribution is 6.30. The van der Waals surface area contributed by atoms with Gasteiger partial charge in [0.2, 0.25) is 0 Å². The zero-order valence-corrected chi connectivity index (χ0v) is 17.1. The highest BCUT2D eigenvalue weighted by atomic mass is 35.5. The Morgan fingerprint density at radius 3 is 2.38 bits per heavy atom. The molecule has 0 saturated carbocycles. The van der Waals surface area contributed by atoms with Crippen LogP contribution in [0.1, 0.15) is 33.1 Å². The monoisotopic (exact) mass is 407 g/mol. The molecule has 3 aromatic carbocycles. The first kappa shape index (κ1) is 19.3. The summed E-state index contributed by atoms with van der Waals surface area (Å²) in [6.45, 7) is 0.605. The van der Waals surface area contributed by atoms with Crippen molar-refractivity contribution < 1.29 is 14.3 Å². The van der Waals surface area contributed by atoms with E-state index in [1.807, 2.05) is 35.2 Å². The van der Waals surface area contributed by atoms with Gasteiger partial charge in [0.15, 0.2) is 11.5 Å². The summed E-state index contributed by atoms with van der Waals surface area (Å²) in [5.74, 6) is 1.32. The van der Waals surface area contributed by atoms with Gasteiger partial charge in [-0.25, -0.2) is 0 Å². The number of carbonyl (C=O) groups excluding carboxylic acids is 1. The fourth-order valence-electron chi connectivity index (χ4n) is 3.95. The molecule has 1 atom stereocenters. The summed E-state index contributed by atoms with van der Waals surface area (Å²) in [6.07, 6.45) is 0.741. The van der Waals surface area contributed by atoms with Gasteiger partial charge >= 0.3 is 0 Å². The van der Waals surface area contributed by atoms with E-state index in [0.717, 1.165) is 23.1 Å². The number of ether oxygens (including phenoxy) is 2. The molecule has 1 aliphatic heterocycles. The molecule has 1 amide bonds. The van der Waals surface area contributed by atoms with Crippen LogP contribution >= 0.6 is 11.6 Å². The largest absolute Gasteiger partial charge is 0.493 e. The molecule has 1 unspecified atom stereocenters. The minimum Gasteiger partial charge on any atom is -0.493 e. The molecule has 0 fully saturated rings. The predicted molar refractivity (Wildman–Crippen MR) is 114 cm³/mol. The Kier molecular flexibility index (Phi) is 5.45. The molecule has 0 bridgehead atoms. The van der Waals surface area contributed by atoms with Crippen LogP contribution < -0.4 is 9.47 Å². The lowest BCUT2D eigenvalue weighted by Gasteiger charge is -2.38. The lowest BCUT2D eigenvalue weighted by molar-refractivity contribution is 0.0694. The maximum Gasteiger partial charge on any atom is 0.254 e. The van der Waals surface area contributed by atoms with Crippen LogP contribution in [0, 0.1) is 0 Å². The van der Waals surface area contributed by atoms with Gasteiger partial charge in [0.05, 0.1) is 20.3 Å². The molecule has 5 heteroatoms. The number of nitrogens with zero attached hydrogens (tertiary/aromatic N) is 1. The van der Waals surface area contributed by atoms with Crippen molar-refractivity contribution in [1.82, 2.24) is 4.90 Å². The first-order valence-electron chi connectivity index (χ1n) is 9.48. The average Bonchev–Trinajstić information content (AvgIpc) is 2.77. The Bertz CT molecular complexity index is 1040. The zero-order chi connectivity index (χ0) is 20.4. The molecule has 4 rings (SSSR count). The van der Waals surface area contributed by atoms with Crippen molar-refractivity contribution in [2.24, 2.45) is 0 Å². The van der Waals surface area contributed by atoms with Crippen molar-refractivity contribution in [2.45, 2.75) is 12.5 Å². The summed E-state index contributed by atoms with van der Waals surface area (Å²) in [7, 11) is 3.26. The Morgan fingerprint density at radius 1 is 0.966 bits per heavy atom. The van der Waals surface area contributed by atoms with Crippen LogP contribution in [0.2, 0.25) is 5.02 Å². The number of carbonyl (C=O) groups is 1. The highest BCUT2D eigenvalue weighted by Crippen LogP contribution is 2.41. The third-order valence-corrected chi connectivity index (χ3v) is 5.56. The van der Waals surface area contributed by atoms with Crippen molar-refractivity contribution in [2.75, 3.05) is 20.8 Å². The molecule has 148 valence electrons. The van der Waals surface area contributed by atoms with Crippen LogP contribution in [-0.4, -0.2) is 31.6 Å². The van der Waals surface area contributed by atoms with Crippen LogP contribution in [0.25, 0.3) is 0 Å². The van der Waals surface area contributed by atoms with Gasteiger partial charge in [-0.1, -0.05) is 48.0 Å². The second-order valence-corrected chi connectivity index (χ2v) is 7.41. The number of fused-ring (bicyclic) bond motifs is 1. The van der Waals surface area contributed by atoms with Gasteiger partial charge in [-0.05, 0) is 53.4 Å². The second kappa shape index (κ2) is 8.18. The maximum absolute atomic E-state index is 13.4. The van der Waals surface area contributed by atoms with E-state index < -0.39 is 0 Å². The van der Waals surface area contributed by atoms with E-state index in [1.54, 1.807) is 38.5 Å². The number of hydrogen-bond donors (Lipinski definition) is 0. The lowest BCUT2D eigenvalue weighted by Crippen LogP contribution is -2.40. The van der Waals surface area contributed by atoms with Crippen LogP contribution in [0.3, 0.4) is 0 Å². The van der Waals surface area contributed by atoms with E-state index in [4.69, 9.17) is 21.1 Å². The summed E-state index contributed by atoms with van der Waals surface area (Å²) in [5, 5.41) is 0.552. The van der Waals surface area contributed by atoms with Gasteiger partial charge in [0.25, 0.3) is 5.91 Å². The average molecular weight is 408 g/mol. The molecular weight excluding hydrogens is 386 g/mol. The van der Waals surface area contributed by atoms with Crippen LogP contribution in [-0.2, 0) is 6.42 Å². The Morgan fingerprint density at radius 2 is 1.69 bits per heavy atom. The quantitative estimate of drug-likeness (QED) is 0.600. The minimum absolute atomic E-state index is 0.0400. The van der Waals surface area contributed by atoms with E-state index in [9.17, 15) is 4.79 Å². The lowest BCUT2D eigenvalue weighted by atomic mass is 9.87. The van der Waals surface area contributed by atoms with E-state index in [1.165, 1.54) is 0 Å². The molecular formula is C24H22ClNO3. The van der Waals surface area contributed by atoms with E-state index >= 15 is 0 Å². The molecule has 0 aromatic heterocycles. The number of halogens is 1. The SMILES string of the molecule is COc1cc2c(cc1OC)C(c1ccccc1)N(C(=O)c1cccc(Cl)c1)CC2. The molecule has 0 radical (unpaired) electrons. The van der Waals surface area contributed by atoms with Gasteiger partial charge in [-0.2, -0.15) is 0 Å². The molecule has 0 aliphatic carbocycles. The summed E-state index contributed by atoms with van der Waals surface area (Å²) in [6, 6.07) is 21.0. The van der Waals surface area contributed by atoms with Crippen molar-refractivity contribution >= 4 is 17.5 Å². The summed E-state index contributed by atoms with van der Waals surface area (Å²) in [5.41, 5.74) is 3.85. The Labute approximate surface area is 175 Å². The topological polar surface area (TPSA) is 38.8 Å². The van der Waals surface area contributed by atoms with Gasteiger partial charge < -0.3 is 14.4 Å². The minimum atomic E-state index is -0.216. The van der Waals surface area contributed by atoms with Crippen LogP contribution in [0.4, 0.5) is 0 Å². The van der Waals surface area contributed by atoms with Gasteiger partial charge in [-0.3, -0.25) is 4.79 Å². The Hall–Kier alpha value is -2.98. The third kappa shape index (κ3) is 3.68. The van der Waals surface area contributed by atoms with Crippen molar-refractivity contribution in [3.05, 3.63) is 94.0 Å². The summed E-state index contributed by atoms with van der Waals surface area (Å²) >= 11 is 6.13. The van der Waals surface area contributed by atoms with Crippen molar-refractivity contribution in [3.8, 4) is 11.5 Å². The molecule has 0 spiro atoms. The molecule has 4 nitrogen and oxygen atoms in total. The van der Waals surface area contributed by atoms with Gasteiger partial charge in [0.1, 0.15) is 0 Å². The first-order chi connectivity index (χ1) is 14.1. The maximum atomic E-state index is 13.4. The zero-order valence-electron chi connectivity index (χ0n) is 16.4. The number of rotatable bonds is 4. The molecule has 0 N–H and O–H groups in total. The van der Waals surface area contributed by atoms with Crippen molar-refractivity contribution in [1.29, 1.82) is 0 Å². The molecule has 1 aliphatic rings. The molecule has 29 heavy (non-hydrogen) atoms. The molecule has 0 saturated heterocycles. The number of methoxy groups -OCH3 is 2. The number of amides is 1. The smallest absolute Gasteiger partial charge is 0.254 e. The first-order valence-corrected chi connectivity index (χ1v) is 9.86. The molecule has 3 aromatic rings. The van der Waals surface area contributed by atoms with E-state index in [0.29, 0.717) is 28.6 Å². The summed E-state index contributed by atoms with van der Waals surface area (Å²) < 4.78 is 11.0. The van der Waals surface area contributed by atoms with Gasteiger partial charge in [0, 0.05) is 17.1 Å². The fraction of sp³-hybridized carbons (Fsp3) is 0.208. The van der Waals surface area contributed by atoms with Crippen molar-refractivity contribution in [3.63, 3.8) is 0 Å². The normalized spacial score (nSPS) is 15.6. The Balaban J connectivity index is 1.84. The van der Waals surface area contributed by atoms with E-state index in [-0.39, 0.29) is 11.9 Å². The van der Waals surface area contributed by atoms with E-state index in [2.05, 4.69) is 12.1 Å². The van der Waals surface area contributed by atoms with Gasteiger partial charge in [-0.15, -0.1) is 0 Å².